The number of benzene rings is 1. The van der Waals surface area contributed by atoms with Crippen LogP contribution >= 0.6 is 0 Å². The van der Waals surface area contributed by atoms with Crippen LogP contribution in [-0.2, 0) is 4.79 Å². The fourth-order valence-electron chi connectivity index (χ4n) is 1.39. The molecule has 0 fully saturated rings. The Hall–Kier alpha value is -1.75. The van der Waals surface area contributed by atoms with Crippen LogP contribution in [0.2, 0.25) is 0 Å². The number of carbonyl (C=O) groups excluding carboxylic acids is 1. The first-order valence-corrected chi connectivity index (χ1v) is 6.12. The Labute approximate surface area is 107 Å². The molecule has 1 rings (SSSR count). The molecular weight excluding hydrogens is 232 g/mol. The highest BCUT2D eigenvalue weighted by molar-refractivity contribution is 5.75. The number of hydrogen-bond acceptors (Lipinski definition) is 4. The molecule has 0 saturated heterocycles. The molecule has 0 bridgehead atoms. The SMILES string of the molecule is CCCOc1ccccc1OCCCC(=O)NN. The van der Waals surface area contributed by atoms with Crippen LogP contribution in [0.4, 0.5) is 0 Å². The topological polar surface area (TPSA) is 73.6 Å². The molecule has 1 amide bonds. The number of carbonyl (C=O) groups is 1. The van der Waals surface area contributed by atoms with E-state index in [1.165, 1.54) is 0 Å². The van der Waals surface area contributed by atoms with Crippen LogP contribution in [0.3, 0.4) is 0 Å². The van der Waals surface area contributed by atoms with Crippen LogP contribution in [-0.4, -0.2) is 19.1 Å². The van der Waals surface area contributed by atoms with Gasteiger partial charge in [0.1, 0.15) is 0 Å². The van der Waals surface area contributed by atoms with Crippen molar-refractivity contribution in [2.24, 2.45) is 5.84 Å². The summed E-state index contributed by atoms with van der Waals surface area (Å²) in [7, 11) is 0. The Balaban J connectivity index is 2.38. The Bertz CT molecular complexity index is 369. The van der Waals surface area contributed by atoms with E-state index in [4.69, 9.17) is 15.3 Å². The zero-order chi connectivity index (χ0) is 13.2. The number of nitrogens with two attached hydrogens (primary N) is 1. The van der Waals surface area contributed by atoms with Gasteiger partial charge in [0.15, 0.2) is 11.5 Å². The Kier molecular flexibility index (Phi) is 6.64. The van der Waals surface area contributed by atoms with Crippen molar-refractivity contribution in [2.75, 3.05) is 13.2 Å². The van der Waals surface area contributed by atoms with Gasteiger partial charge in [0, 0.05) is 6.42 Å². The van der Waals surface area contributed by atoms with Gasteiger partial charge in [0.05, 0.1) is 13.2 Å². The van der Waals surface area contributed by atoms with Gasteiger partial charge in [-0.3, -0.25) is 10.2 Å². The average molecular weight is 252 g/mol. The van der Waals surface area contributed by atoms with Crippen LogP contribution in [0.15, 0.2) is 24.3 Å². The quantitative estimate of drug-likeness (QED) is 0.319. The van der Waals surface area contributed by atoms with Gasteiger partial charge < -0.3 is 9.47 Å². The number of nitrogens with one attached hydrogen (secondary N) is 1. The Morgan fingerprint density at radius 2 is 1.83 bits per heavy atom. The van der Waals surface area contributed by atoms with E-state index in [2.05, 4.69) is 12.3 Å². The van der Waals surface area contributed by atoms with E-state index in [1.54, 1.807) is 0 Å². The van der Waals surface area contributed by atoms with Gasteiger partial charge in [-0.25, -0.2) is 5.84 Å². The first-order chi connectivity index (χ1) is 8.77. The maximum atomic E-state index is 10.9. The average Bonchev–Trinajstić information content (AvgIpc) is 2.42. The smallest absolute Gasteiger partial charge is 0.234 e. The molecule has 3 N–H and O–H groups in total. The van der Waals surface area contributed by atoms with Gasteiger partial charge in [0.25, 0.3) is 0 Å². The minimum atomic E-state index is -0.186. The lowest BCUT2D eigenvalue weighted by atomic mass is 10.3. The molecule has 0 spiro atoms. The van der Waals surface area contributed by atoms with Crippen molar-refractivity contribution in [3.05, 3.63) is 24.3 Å². The number of para-hydroxylation sites is 2. The summed E-state index contributed by atoms with van der Waals surface area (Å²) in [4.78, 5) is 10.9. The van der Waals surface area contributed by atoms with Gasteiger partial charge in [-0.05, 0) is 25.0 Å². The summed E-state index contributed by atoms with van der Waals surface area (Å²) in [6, 6.07) is 7.52. The second-order valence-corrected chi connectivity index (χ2v) is 3.81. The van der Waals surface area contributed by atoms with E-state index in [-0.39, 0.29) is 5.91 Å². The monoisotopic (exact) mass is 252 g/mol. The summed E-state index contributed by atoms with van der Waals surface area (Å²) in [5.41, 5.74) is 2.08. The molecular formula is C13H20N2O3. The minimum absolute atomic E-state index is 0.186. The molecule has 0 aliphatic carbocycles. The first kappa shape index (κ1) is 14.3. The van der Waals surface area contributed by atoms with Gasteiger partial charge in [-0.15, -0.1) is 0 Å². The van der Waals surface area contributed by atoms with Crippen LogP contribution in [0.5, 0.6) is 11.5 Å². The van der Waals surface area contributed by atoms with Crippen LogP contribution in [0, 0.1) is 0 Å². The predicted octanol–water partition coefficient (Wildman–Crippen LogP) is 1.62. The van der Waals surface area contributed by atoms with Crippen LogP contribution in [0.25, 0.3) is 0 Å². The lowest BCUT2D eigenvalue weighted by Crippen LogP contribution is -2.29. The third kappa shape index (κ3) is 5.05. The Morgan fingerprint density at radius 1 is 1.22 bits per heavy atom. The van der Waals surface area contributed by atoms with Gasteiger partial charge in [-0.2, -0.15) is 0 Å². The number of hydrogen-bond donors (Lipinski definition) is 2. The molecule has 1 aromatic carbocycles. The highest BCUT2D eigenvalue weighted by Crippen LogP contribution is 2.26. The lowest BCUT2D eigenvalue weighted by Gasteiger charge is -2.11. The molecule has 5 nitrogen and oxygen atoms in total. The number of hydrazine groups is 1. The first-order valence-electron chi connectivity index (χ1n) is 6.12. The molecule has 0 unspecified atom stereocenters. The molecule has 0 radical (unpaired) electrons. The van der Waals surface area contributed by atoms with Gasteiger partial charge >= 0.3 is 0 Å². The molecule has 0 saturated carbocycles. The molecule has 0 aliphatic rings. The summed E-state index contributed by atoms with van der Waals surface area (Å²) in [5, 5.41) is 0. The Morgan fingerprint density at radius 3 is 2.39 bits per heavy atom. The lowest BCUT2D eigenvalue weighted by molar-refractivity contribution is -0.121. The minimum Gasteiger partial charge on any atom is -0.490 e. The van der Waals surface area contributed by atoms with Crippen molar-refractivity contribution in [3.8, 4) is 11.5 Å². The van der Waals surface area contributed by atoms with Crippen LogP contribution in [0.1, 0.15) is 26.2 Å². The molecule has 0 aromatic heterocycles. The van der Waals surface area contributed by atoms with Gasteiger partial charge in [-0.1, -0.05) is 19.1 Å². The molecule has 18 heavy (non-hydrogen) atoms. The second kappa shape index (κ2) is 8.36. The molecule has 0 atom stereocenters. The largest absolute Gasteiger partial charge is 0.490 e. The molecule has 0 heterocycles. The molecule has 5 heteroatoms. The summed E-state index contributed by atoms with van der Waals surface area (Å²) in [6.07, 6.45) is 1.92. The van der Waals surface area contributed by atoms with Crippen molar-refractivity contribution in [3.63, 3.8) is 0 Å². The summed E-state index contributed by atoms with van der Waals surface area (Å²) in [5.74, 6) is 6.24. The maximum Gasteiger partial charge on any atom is 0.234 e. The number of ether oxygens (including phenoxy) is 2. The third-order valence-corrected chi connectivity index (χ3v) is 2.28. The maximum absolute atomic E-state index is 10.9. The van der Waals surface area contributed by atoms with Crippen molar-refractivity contribution >= 4 is 5.91 Å². The fraction of sp³-hybridized carbons (Fsp3) is 0.462. The summed E-state index contributed by atoms with van der Waals surface area (Å²) in [6.45, 7) is 3.17. The van der Waals surface area contributed by atoms with Gasteiger partial charge in [0.2, 0.25) is 5.91 Å². The highest BCUT2D eigenvalue weighted by atomic mass is 16.5. The fourth-order valence-corrected chi connectivity index (χ4v) is 1.39. The van der Waals surface area contributed by atoms with E-state index < -0.39 is 0 Å². The second-order valence-electron chi connectivity index (χ2n) is 3.81. The molecule has 0 aliphatic heterocycles. The zero-order valence-corrected chi connectivity index (χ0v) is 10.6. The van der Waals surface area contributed by atoms with E-state index in [0.717, 1.165) is 12.2 Å². The van der Waals surface area contributed by atoms with E-state index in [1.807, 2.05) is 24.3 Å². The molecule has 1 aromatic rings. The third-order valence-electron chi connectivity index (χ3n) is 2.28. The summed E-state index contributed by atoms with van der Waals surface area (Å²) < 4.78 is 11.1. The normalized spacial score (nSPS) is 9.89. The zero-order valence-electron chi connectivity index (χ0n) is 10.6. The number of rotatable bonds is 8. The highest BCUT2D eigenvalue weighted by Gasteiger charge is 2.04. The number of amides is 1. The summed E-state index contributed by atoms with van der Waals surface area (Å²) >= 11 is 0. The van der Waals surface area contributed by atoms with Crippen LogP contribution < -0.4 is 20.7 Å². The predicted molar refractivity (Wildman–Crippen MR) is 69.3 cm³/mol. The van der Waals surface area contributed by atoms with E-state index in [0.29, 0.717) is 31.8 Å². The van der Waals surface area contributed by atoms with E-state index >= 15 is 0 Å². The van der Waals surface area contributed by atoms with Crippen molar-refractivity contribution in [2.45, 2.75) is 26.2 Å². The standard InChI is InChI=1S/C13H20N2O3/c1-2-9-17-11-6-3-4-7-12(11)18-10-5-8-13(16)15-14/h3-4,6-7H,2,5,8-10,14H2,1H3,(H,15,16). The van der Waals surface area contributed by atoms with E-state index in [9.17, 15) is 4.79 Å². The van der Waals surface area contributed by atoms with Crippen molar-refractivity contribution < 1.29 is 14.3 Å². The molecule has 100 valence electrons. The van der Waals surface area contributed by atoms with Crippen molar-refractivity contribution in [1.82, 2.24) is 5.43 Å². The van der Waals surface area contributed by atoms with Crippen molar-refractivity contribution in [1.29, 1.82) is 0 Å².